The lowest BCUT2D eigenvalue weighted by Crippen LogP contribution is -2.39. The molecule has 2 amide bonds. The third-order valence-electron chi connectivity index (χ3n) is 5.85. The number of ether oxygens (including phenoxy) is 2. The first-order valence-corrected chi connectivity index (χ1v) is 11.4. The average Bonchev–Trinajstić information content (AvgIpc) is 3.20. The molecule has 9 heteroatoms. The molecule has 0 bridgehead atoms. The Kier molecular flexibility index (Phi) is 8.84. The van der Waals surface area contributed by atoms with Crippen molar-refractivity contribution in [3.8, 4) is 11.5 Å². The lowest BCUT2D eigenvalue weighted by molar-refractivity contribution is -0.120. The maximum absolute atomic E-state index is 12.2. The fraction of sp³-hybridized carbons (Fsp3) is 0.440. The quantitative estimate of drug-likeness (QED) is 0.308. The van der Waals surface area contributed by atoms with E-state index in [9.17, 15) is 14.4 Å². The van der Waals surface area contributed by atoms with Crippen LogP contribution in [0.5, 0.6) is 11.5 Å². The van der Waals surface area contributed by atoms with Crippen molar-refractivity contribution in [1.29, 1.82) is 0 Å². The maximum atomic E-state index is 12.2. The number of hydrogen-bond donors (Lipinski definition) is 1. The molecule has 182 valence electrons. The Balaban J connectivity index is 1.57. The standard InChI is InChI=1S/C25H32N4O5/c1-18-11-23(33-3)24(13-22(18)26-14-20-7-4-5-9-29(20)17-31)34-10-6-8-25(32)27-19-12-21(16-30)28(2)15-19/h11-17,20H,4-10H2,1-3H3,(H,27,32)/b26-14-. The van der Waals surface area contributed by atoms with Gasteiger partial charge in [0.25, 0.3) is 0 Å². The molecule has 1 fully saturated rings. The van der Waals surface area contributed by atoms with Gasteiger partial charge in [0.15, 0.2) is 17.8 Å². The van der Waals surface area contributed by atoms with Gasteiger partial charge in [-0.3, -0.25) is 19.4 Å². The molecule has 0 saturated carbocycles. The van der Waals surface area contributed by atoms with Gasteiger partial charge in [0.05, 0.1) is 36.8 Å². The lowest BCUT2D eigenvalue weighted by Gasteiger charge is -2.29. The van der Waals surface area contributed by atoms with E-state index in [2.05, 4.69) is 10.3 Å². The summed E-state index contributed by atoms with van der Waals surface area (Å²) in [6.45, 7) is 3.03. The van der Waals surface area contributed by atoms with Crippen molar-refractivity contribution >= 4 is 36.2 Å². The van der Waals surface area contributed by atoms with Gasteiger partial charge in [0.2, 0.25) is 12.3 Å². The summed E-state index contributed by atoms with van der Waals surface area (Å²) in [5.41, 5.74) is 2.76. The number of hydrogen-bond acceptors (Lipinski definition) is 6. The Hall–Kier alpha value is -3.62. The van der Waals surface area contributed by atoms with Gasteiger partial charge < -0.3 is 24.3 Å². The summed E-state index contributed by atoms with van der Waals surface area (Å²) in [6, 6.07) is 5.32. The van der Waals surface area contributed by atoms with Crippen molar-refractivity contribution in [2.24, 2.45) is 12.0 Å². The summed E-state index contributed by atoms with van der Waals surface area (Å²) in [5, 5.41) is 2.78. The zero-order valence-electron chi connectivity index (χ0n) is 20.0. The van der Waals surface area contributed by atoms with E-state index < -0.39 is 0 Å². The normalized spacial score (nSPS) is 15.9. The summed E-state index contributed by atoms with van der Waals surface area (Å²) < 4.78 is 13.0. The SMILES string of the molecule is COc1cc(C)c(/N=C\C2CCCCN2C=O)cc1OCCCC(=O)Nc1cc(C=O)n(C)c1. The van der Waals surface area contributed by atoms with E-state index in [0.717, 1.165) is 49.8 Å². The van der Waals surface area contributed by atoms with Crippen LogP contribution >= 0.6 is 0 Å². The minimum Gasteiger partial charge on any atom is -0.493 e. The van der Waals surface area contributed by atoms with Crippen LogP contribution < -0.4 is 14.8 Å². The van der Waals surface area contributed by atoms with Gasteiger partial charge >= 0.3 is 0 Å². The van der Waals surface area contributed by atoms with Crippen molar-refractivity contribution in [3.05, 3.63) is 35.7 Å². The highest BCUT2D eigenvalue weighted by molar-refractivity contribution is 5.91. The van der Waals surface area contributed by atoms with Crippen LogP contribution in [0.2, 0.25) is 0 Å². The molecule has 1 aliphatic rings. The van der Waals surface area contributed by atoms with E-state index in [0.29, 0.717) is 35.9 Å². The molecule has 0 radical (unpaired) electrons. The molecule has 0 aliphatic carbocycles. The van der Waals surface area contributed by atoms with E-state index in [-0.39, 0.29) is 18.4 Å². The highest BCUT2D eigenvalue weighted by atomic mass is 16.5. The molecule has 1 aliphatic heterocycles. The Morgan fingerprint density at radius 1 is 1.24 bits per heavy atom. The first-order valence-electron chi connectivity index (χ1n) is 11.4. The number of methoxy groups -OCH3 is 1. The topological polar surface area (TPSA) is 102 Å². The Morgan fingerprint density at radius 2 is 2.06 bits per heavy atom. The van der Waals surface area contributed by atoms with Crippen molar-refractivity contribution in [2.45, 2.75) is 45.1 Å². The number of nitrogens with one attached hydrogen (secondary N) is 1. The summed E-state index contributed by atoms with van der Waals surface area (Å²) in [5.74, 6) is 0.994. The third-order valence-corrected chi connectivity index (χ3v) is 5.85. The summed E-state index contributed by atoms with van der Waals surface area (Å²) in [7, 11) is 3.32. The summed E-state index contributed by atoms with van der Waals surface area (Å²) in [4.78, 5) is 40.8. The zero-order chi connectivity index (χ0) is 24.5. The molecule has 0 spiro atoms. The molecule has 9 nitrogen and oxygen atoms in total. The molecule has 34 heavy (non-hydrogen) atoms. The van der Waals surface area contributed by atoms with E-state index in [1.165, 1.54) is 0 Å². The number of likely N-dealkylation sites (tertiary alicyclic amines) is 1. The van der Waals surface area contributed by atoms with Gasteiger partial charge in [-0.15, -0.1) is 0 Å². The number of rotatable bonds is 11. The first-order chi connectivity index (χ1) is 16.4. The van der Waals surface area contributed by atoms with Crippen LogP contribution in [0, 0.1) is 6.92 Å². The van der Waals surface area contributed by atoms with Crippen LogP contribution in [-0.2, 0) is 16.6 Å². The van der Waals surface area contributed by atoms with E-state index >= 15 is 0 Å². The van der Waals surface area contributed by atoms with Gasteiger partial charge in [-0.25, -0.2) is 0 Å². The van der Waals surface area contributed by atoms with Crippen LogP contribution in [-0.4, -0.2) is 60.6 Å². The number of anilines is 1. The minimum absolute atomic E-state index is 0.00265. The van der Waals surface area contributed by atoms with Gasteiger partial charge in [-0.05, 0) is 50.3 Å². The smallest absolute Gasteiger partial charge is 0.224 e. The number of aryl methyl sites for hydroxylation is 2. The van der Waals surface area contributed by atoms with Crippen LogP contribution in [0.15, 0.2) is 29.4 Å². The zero-order valence-corrected chi connectivity index (χ0v) is 20.0. The Bertz CT molecular complexity index is 1050. The number of aliphatic imine (C=N–C) groups is 1. The molecule has 1 saturated heterocycles. The number of piperidine rings is 1. The van der Waals surface area contributed by atoms with Crippen LogP contribution in [0.25, 0.3) is 0 Å². The van der Waals surface area contributed by atoms with Gasteiger partial charge in [-0.2, -0.15) is 0 Å². The monoisotopic (exact) mass is 468 g/mol. The average molecular weight is 469 g/mol. The fourth-order valence-corrected chi connectivity index (χ4v) is 3.90. The minimum atomic E-state index is -0.153. The second-order valence-corrected chi connectivity index (χ2v) is 8.36. The van der Waals surface area contributed by atoms with Crippen LogP contribution in [0.4, 0.5) is 11.4 Å². The van der Waals surface area contributed by atoms with Crippen LogP contribution in [0.3, 0.4) is 0 Å². The Labute approximate surface area is 199 Å². The molecular formula is C25H32N4O5. The lowest BCUT2D eigenvalue weighted by atomic mass is 10.0. The summed E-state index contributed by atoms with van der Waals surface area (Å²) in [6.07, 6.45) is 8.93. The predicted molar refractivity (Wildman–Crippen MR) is 130 cm³/mol. The molecule has 1 aromatic carbocycles. The fourth-order valence-electron chi connectivity index (χ4n) is 3.90. The van der Waals surface area contributed by atoms with E-state index in [4.69, 9.17) is 9.47 Å². The van der Waals surface area contributed by atoms with Crippen LogP contribution in [0.1, 0.15) is 48.2 Å². The molecule has 3 rings (SSSR count). The first kappa shape index (κ1) is 25.0. The predicted octanol–water partition coefficient (Wildman–Crippen LogP) is 3.67. The van der Waals surface area contributed by atoms with E-state index in [1.807, 2.05) is 25.3 Å². The molecule has 2 aromatic rings. The summed E-state index contributed by atoms with van der Waals surface area (Å²) >= 11 is 0. The van der Waals surface area contributed by atoms with Gasteiger partial charge in [0, 0.05) is 38.5 Å². The van der Waals surface area contributed by atoms with Gasteiger partial charge in [-0.1, -0.05) is 0 Å². The molecule has 1 unspecified atom stereocenters. The molecule has 1 aromatic heterocycles. The molecule has 1 N–H and O–H groups in total. The number of aldehydes is 1. The molecular weight excluding hydrogens is 436 g/mol. The Morgan fingerprint density at radius 3 is 2.76 bits per heavy atom. The number of benzene rings is 1. The van der Waals surface area contributed by atoms with Crippen molar-refractivity contribution < 1.29 is 23.9 Å². The highest BCUT2D eigenvalue weighted by Gasteiger charge is 2.19. The van der Waals surface area contributed by atoms with Crippen molar-refractivity contribution in [1.82, 2.24) is 9.47 Å². The van der Waals surface area contributed by atoms with Crippen molar-refractivity contribution in [3.63, 3.8) is 0 Å². The third kappa shape index (κ3) is 6.46. The van der Waals surface area contributed by atoms with E-state index in [1.54, 1.807) is 35.9 Å². The maximum Gasteiger partial charge on any atom is 0.224 e. The highest BCUT2D eigenvalue weighted by Crippen LogP contribution is 2.35. The second kappa shape index (κ2) is 12.0. The molecule has 1 atom stereocenters. The molecule has 2 heterocycles. The number of carbonyl (C=O) groups is 3. The number of amides is 2. The number of carbonyl (C=O) groups excluding carboxylic acids is 3. The van der Waals surface area contributed by atoms with Crippen molar-refractivity contribution in [2.75, 3.05) is 25.6 Å². The van der Waals surface area contributed by atoms with Gasteiger partial charge in [0.1, 0.15) is 0 Å². The number of nitrogens with zero attached hydrogens (tertiary/aromatic N) is 3. The largest absolute Gasteiger partial charge is 0.493 e. The number of aromatic nitrogens is 1. The second-order valence-electron chi connectivity index (χ2n) is 8.36.